The van der Waals surface area contributed by atoms with Gasteiger partial charge in [-0.3, -0.25) is 4.79 Å². The Balaban J connectivity index is 1.56. The van der Waals surface area contributed by atoms with Gasteiger partial charge in [-0.25, -0.2) is 4.79 Å². The number of aryl methyl sites for hydroxylation is 1. The molecule has 0 radical (unpaired) electrons. The summed E-state index contributed by atoms with van der Waals surface area (Å²) in [6.45, 7) is 6.11. The molecular weight excluding hydrogens is 412 g/mol. The number of carbonyl (C=O) groups is 2. The Labute approximate surface area is 187 Å². The molecule has 0 aliphatic carbocycles. The van der Waals surface area contributed by atoms with Gasteiger partial charge in [-0.15, -0.1) is 6.58 Å². The summed E-state index contributed by atoms with van der Waals surface area (Å²) in [6.07, 6.45) is 3.20. The number of allylic oxidation sites excluding steroid dienone is 1. The van der Waals surface area contributed by atoms with Gasteiger partial charge in [0.15, 0.2) is 11.9 Å². The summed E-state index contributed by atoms with van der Waals surface area (Å²) in [5, 5.41) is 9.16. The van der Waals surface area contributed by atoms with Crippen LogP contribution in [0.2, 0.25) is 0 Å². The van der Waals surface area contributed by atoms with E-state index in [4.69, 9.17) is 24.1 Å². The Morgan fingerprint density at radius 3 is 2.69 bits per heavy atom. The van der Waals surface area contributed by atoms with Crippen LogP contribution in [0.5, 0.6) is 23.0 Å². The number of ketones is 1. The Hall–Kier alpha value is -3.48. The van der Waals surface area contributed by atoms with E-state index in [1.807, 2.05) is 12.1 Å². The molecular formula is C25H28O7. The van der Waals surface area contributed by atoms with Gasteiger partial charge in [-0.1, -0.05) is 12.1 Å². The number of hydrogen-bond acceptors (Lipinski definition) is 6. The molecule has 7 heteroatoms. The lowest BCUT2D eigenvalue weighted by Gasteiger charge is -2.23. The topological polar surface area (TPSA) is 91.3 Å². The molecule has 0 saturated heterocycles. The normalized spacial score (nSPS) is 14.6. The van der Waals surface area contributed by atoms with Crippen LogP contribution in [0.15, 0.2) is 43.0 Å². The van der Waals surface area contributed by atoms with E-state index < -0.39 is 12.1 Å². The third-order valence-corrected chi connectivity index (χ3v) is 5.22. The van der Waals surface area contributed by atoms with Crippen molar-refractivity contribution in [2.45, 2.75) is 38.7 Å². The van der Waals surface area contributed by atoms with Crippen molar-refractivity contribution < 1.29 is 33.6 Å². The standard InChI is InChI=1S/C25H28O7/c1-4-6-20-21(12-10-19(16(2)26)24(20)29-3)31-14-5-13-30-18-9-7-17-8-11-22(25(27)28)32-23(17)15-18/h4,7,9-10,12,15,22H,1,5-6,8,11,13-14H2,2-3H3,(H,27,28). The molecule has 0 bridgehead atoms. The quantitative estimate of drug-likeness (QED) is 0.317. The maximum Gasteiger partial charge on any atom is 0.344 e. The highest BCUT2D eigenvalue weighted by molar-refractivity contribution is 5.97. The number of hydrogen-bond donors (Lipinski definition) is 1. The molecule has 32 heavy (non-hydrogen) atoms. The van der Waals surface area contributed by atoms with Crippen LogP contribution in [0.1, 0.15) is 41.3 Å². The van der Waals surface area contributed by atoms with Crippen molar-refractivity contribution in [1.29, 1.82) is 0 Å². The maximum atomic E-state index is 11.9. The monoisotopic (exact) mass is 440 g/mol. The SMILES string of the molecule is C=CCc1c(OCCCOc2ccc3c(c2)OC(C(=O)O)CC3)ccc(C(C)=O)c1OC. The van der Waals surface area contributed by atoms with E-state index >= 15 is 0 Å². The van der Waals surface area contributed by atoms with E-state index in [2.05, 4.69) is 6.58 Å². The molecule has 0 aromatic heterocycles. The lowest BCUT2D eigenvalue weighted by atomic mass is 10.0. The molecule has 0 fully saturated rings. The van der Waals surface area contributed by atoms with Crippen molar-refractivity contribution in [2.75, 3.05) is 20.3 Å². The van der Waals surface area contributed by atoms with E-state index in [0.29, 0.717) is 67.5 Å². The highest BCUT2D eigenvalue weighted by Crippen LogP contribution is 2.34. The average molecular weight is 440 g/mol. The van der Waals surface area contributed by atoms with Crippen LogP contribution in [-0.2, 0) is 17.6 Å². The number of benzene rings is 2. The van der Waals surface area contributed by atoms with Gasteiger partial charge >= 0.3 is 5.97 Å². The van der Waals surface area contributed by atoms with Crippen LogP contribution in [0.25, 0.3) is 0 Å². The summed E-state index contributed by atoms with van der Waals surface area (Å²) in [5.41, 5.74) is 2.28. The zero-order chi connectivity index (χ0) is 23.1. The lowest BCUT2D eigenvalue weighted by molar-refractivity contribution is -0.145. The van der Waals surface area contributed by atoms with Crippen molar-refractivity contribution in [3.05, 3.63) is 59.7 Å². The smallest absolute Gasteiger partial charge is 0.344 e. The number of fused-ring (bicyclic) bond motifs is 1. The molecule has 170 valence electrons. The second kappa shape index (κ2) is 10.7. The van der Waals surface area contributed by atoms with Crippen LogP contribution in [0, 0.1) is 0 Å². The van der Waals surface area contributed by atoms with Gasteiger partial charge in [0.1, 0.15) is 23.0 Å². The molecule has 7 nitrogen and oxygen atoms in total. The van der Waals surface area contributed by atoms with Crippen molar-refractivity contribution in [1.82, 2.24) is 0 Å². The Morgan fingerprint density at radius 1 is 1.22 bits per heavy atom. The first kappa shape index (κ1) is 23.2. The number of carbonyl (C=O) groups excluding carboxylic acids is 1. The van der Waals surface area contributed by atoms with E-state index in [0.717, 1.165) is 11.1 Å². The number of carboxylic acid groups (broad SMARTS) is 1. The average Bonchev–Trinajstić information content (AvgIpc) is 2.78. The van der Waals surface area contributed by atoms with Crippen LogP contribution in [-0.4, -0.2) is 43.3 Å². The first-order valence-corrected chi connectivity index (χ1v) is 10.5. The van der Waals surface area contributed by atoms with Crippen LogP contribution in [0.4, 0.5) is 0 Å². The van der Waals surface area contributed by atoms with Crippen molar-refractivity contribution in [3.63, 3.8) is 0 Å². The van der Waals surface area contributed by atoms with Crippen molar-refractivity contribution in [3.8, 4) is 23.0 Å². The highest BCUT2D eigenvalue weighted by Gasteiger charge is 2.25. The van der Waals surface area contributed by atoms with Crippen LogP contribution < -0.4 is 18.9 Å². The molecule has 2 aromatic rings. The van der Waals surface area contributed by atoms with Gasteiger partial charge in [0, 0.05) is 18.1 Å². The minimum absolute atomic E-state index is 0.0733. The molecule has 0 amide bonds. The summed E-state index contributed by atoms with van der Waals surface area (Å²) in [4.78, 5) is 23.0. The number of methoxy groups -OCH3 is 1. The number of aliphatic carboxylic acids is 1. The third-order valence-electron chi connectivity index (χ3n) is 5.22. The van der Waals surface area contributed by atoms with Gasteiger partial charge in [0.05, 0.1) is 25.9 Å². The van der Waals surface area contributed by atoms with Crippen LogP contribution >= 0.6 is 0 Å². The van der Waals surface area contributed by atoms with Gasteiger partial charge in [-0.2, -0.15) is 0 Å². The summed E-state index contributed by atoms with van der Waals surface area (Å²) >= 11 is 0. The fraction of sp³-hybridized carbons (Fsp3) is 0.360. The van der Waals surface area contributed by atoms with Crippen molar-refractivity contribution >= 4 is 11.8 Å². The van der Waals surface area contributed by atoms with E-state index in [1.165, 1.54) is 14.0 Å². The first-order chi connectivity index (χ1) is 15.4. The summed E-state index contributed by atoms with van der Waals surface area (Å²) < 4.78 is 22.7. The van der Waals surface area contributed by atoms with Crippen molar-refractivity contribution in [2.24, 2.45) is 0 Å². The first-order valence-electron chi connectivity index (χ1n) is 10.5. The van der Waals surface area contributed by atoms with E-state index in [1.54, 1.807) is 24.3 Å². The van der Waals surface area contributed by atoms with Gasteiger partial charge in [-0.05, 0) is 49.9 Å². The molecule has 0 saturated carbocycles. The zero-order valence-electron chi connectivity index (χ0n) is 18.4. The molecule has 1 aliphatic rings. The summed E-state index contributed by atoms with van der Waals surface area (Å²) in [7, 11) is 1.53. The van der Waals surface area contributed by atoms with Gasteiger partial charge in [0.25, 0.3) is 0 Å². The fourth-order valence-electron chi connectivity index (χ4n) is 3.64. The van der Waals surface area contributed by atoms with E-state index in [-0.39, 0.29) is 5.78 Å². The molecule has 1 heterocycles. The van der Waals surface area contributed by atoms with Gasteiger partial charge in [0.2, 0.25) is 0 Å². The zero-order valence-corrected chi connectivity index (χ0v) is 18.4. The Morgan fingerprint density at radius 2 is 2.00 bits per heavy atom. The number of rotatable bonds is 11. The second-order valence-electron chi connectivity index (χ2n) is 7.48. The minimum Gasteiger partial charge on any atom is -0.496 e. The predicted molar refractivity (Wildman–Crippen MR) is 119 cm³/mol. The molecule has 1 N–H and O–H groups in total. The maximum absolute atomic E-state index is 11.9. The summed E-state index contributed by atoms with van der Waals surface area (Å²) in [5.74, 6) is 1.31. The van der Waals surface area contributed by atoms with E-state index in [9.17, 15) is 9.59 Å². The second-order valence-corrected chi connectivity index (χ2v) is 7.48. The number of carboxylic acids is 1. The van der Waals surface area contributed by atoms with Gasteiger partial charge < -0.3 is 24.1 Å². The van der Waals surface area contributed by atoms with Crippen LogP contribution in [0.3, 0.4) is 0 Å². The highest BCUT2D eigenvalue weighted by atomic mass is 16.5. The number of Topliss-reactive ketones (excluding diaryl/α,β-unsaturated/α-hetero) is 1. The molecule has 1 unspecified atom stereocenters. The summed E-state index contributed by atoms with van der Waals surface area (Å²) in [6, 6.07) is 8.98. The number of ether oxygens (including phenoxy) is 4. The minimum atomic E-state index is -0.956. The molecule has 2 aromatic carbocycles. The molecule has 1 atom stereocenters. The fourth-order valence-corrected chi connectivity index (χ4v) is 3.64. The third kappa shape index (κ3) is 5.41. The largest absolute Gasteiger partial charge is 0.496 e. The molecule has 0 spiro atoms. The Kier molecular flexibility index (Phi) is 7.76. The molecule has 3 rings (SSSR count). The Bertz CT molecular complexity index is 996. The predicted octanol–water partition coefficient (Wildman–Crippen LogP) is 4.25. The molecule has 1 aliphatic heterocycles. The lowest BCUT2D eigenvalue weighted by Crippen LogP contribution is -2.30.